The maximum Gasteiger partial charge on any atom is 0.416 e. The Kier molecular flexibility index (Phi) is 9.68. The Labute approximate surface area is 230 Å². The molecule has 4 rings (SSSR count). The van der Waals surface area contributed by atoms with Crippen LogP contribution >= 0.6 is 0 Å². The van der Waals surface area contributed by atoms with E-state index in [-0.39, 0.29) is 5.91 Å². The van der Waals surface area contributed by atoms with Crippen molar-refractivity contribution in [2.75, 3.05) is 37.6 Å². The van der Waals surface area contributed by atoms with E-state index < -0.39 is 11.7 Å². The van der Waals surface area contributed by atoms with Crippen molar-refractivity contribution < 1.29 is 18.0 Å². The number of halogens is 3. The zero-order chi connectivity index (χ0) is 27.8. The summed E-state index contributed by atoms with van der Waals surface area (Å²) in [6.07, 6.45) is -0.865. The smallest absolute Gasteiger partial charge is 0.339 e. The molecule has 1 aliphatic heterocycles. The molecule has 3 aromatic rings. The van der Waals surface area contributed by atoms with Gasteiger partial charge in [-0.3, -0.25) is 4.79 Å². The van der Waals surface area contributed by atoms with Crippen molar-refractivity contribution in [3.63, 3.8) is 0 Å². The number of hydrogen-bond donors (Lipinski definition) is 0. The van der Waals surface area contributed by atoms with Crippen molar-refractivity contribution in [3.05, 3.63) is 95.6 Å². The molecular weight excluding hydrogens is 499 g/mol. The normalized spacial score (nSPS) is 14.8. The lowest BCUT2D eigenvalue weighted by atomic mass is 10.00. The minimum absolute atomic E-state index is 0.0521. The zero-order valence-corrected chi connectivity index (χ0v) is 22.8. The summed E-state index contributed by atoms with van der Waals surface area (Å²) in [6, 6.07) is 24.3. The Hall–Kier alpha value is -3.32. The SMILES string of the molecule is CCN(CC)C(=O)c1ccc(N(c2ccccc2)C2CCN(CCCc3cccc(C(F)(F)F)c3)CC2)cc1. The predicted molar refractivity (Wildman–Crippen MR) is 152 cm³/mol. The number of aryl methyl sites for hydroxylation is 1. The van der Waals surface area contributed by atoms with Gasteiger partial charge in [-0.15, -0.1) is 0 Å². The standard InChI is InChI=1S/C32H38F3N3O/c1-3-37(4-2)31(39)26-15-17-29(18-16-26)38(28-13-6-5-7-14-28)30-19-22-36(23-20-30)21-9-11-25-10-8-12-27(24-25)32(33,34)35/h5-8,10,12-18,24,30H,3-4,9,11,19-23H2,1-2H3. The highest BCUT2D eigenvalue weighted by molar-refractivity contribution is 5.94. The van der Waals surface area contributed by atoms with Crippen molar-refractivity contribution in [2.24, 2.45) is 0 Å². The first kappa shape index (κ1) is 28.7. The van der Waals surface area contributed by atoms with E-state index in [1.165, 1.54) is 12.1 Å². The van der Waals surface area contributed by atoms with Gasteiger partial charge in [-0.25, -0.2) is 0 Å². The lowest BCUT2D eigenvalue weighted by Crippen LogP contribution is -2.43. The number of rotatable bonds is 10. The number of benzene rings is 3. The van der Waals surface area contributed by atoms with Crippen LogP contribution in [-0.4, -0.2) is 54.5 Å². The van der Waals surface area contributed by atoms with E-state index in [0.29, 0.717) is 31.1 Å². The van der Waals surface area contributed by atoms with E-state index in [9.17, 15) is 18.0 Å². The highest BCUT2D eigenvalue weighted by Crippen LogP contribution is 2.33. The van der Waals surface area contributed by atoms with Crippen LogP contribution in [0.25, 0.3) is 0 Å². The third kappa shape index (κ3) is 7.41. The van der Waals surface area contributed by atoms with Gasteiger partial charge >= 0.3 is 6.18 Å². The van der Waals surface area contributed by atoms with Crippen LogP contribution in [0.4, 0.5) is 24.5 Å². The molecule has 0 unspecified atom stereocenters. The number of carbonyl (C=O) groups is 1. The van der Waals surface area contributed by atoms with Gasteiger partial charge in [-0.05, 0) is 94.1 Å². The predicted octanol–water partition coefficient (Wildman–Crippen LogP) is 7.42. The Morgan fingerprint density at radius 3 is 2.13 bits per heavy atom. The quantitative estimate of drug-likeness (QED) is 0.269. The maximum absolute atomic E-state index is 13.0. The summed E-state index contributed by atoms with van der Waals surface area (Å²) in [4.78, 5) is 19.4. The molecular formula is C32H38F3N3O. The van der Waals surface area contributed by atoms with Crippen LogP contribution < -0.4 is 4.90 Å². The first-order valence-electron chi connectivity index (χ1n) is 13.9. The third-order valence-corrected chi connectivity index (χ3v) is 7.59. The molecule has 39 heavy (non-hydrogen) atoms. The molecule has 0 N–H and O–H groups in total. The topological polar surface area (TPSA) is 26.8 Å². The summed E-state index contributed by atoms with van der Waals surface area (Å²) in [5, 5.41) is 0. The maximum atomic E-state index is 13.0. The molecule has 7 heteroatoms. The van der Waals surface area contributed by atoms with Gasteiger partial charge in [0.05, 0.1) is 5.56 Å². The van der Waals surface area contributed by atoms with Crippen molar-refractivity contribution in [3.8, 4) is 0 Å². The largest absolute Gasteiger partial charge is 0.416 e. The molecule has 0 bridgehead atoms. The van der Waals surface area contributed by atoms with Gasteiger partial charge in [-0.2, -0.15) is 13.2 Å². The molecule has 0 aromatic heterocycles. The van der Waals surface area contributed by atoms with Crippen LogP contribution in [0.15, 0.2) is 78.9 Å². The van der Waals surface area contributed by atoms with Gasteiger partial charge in [0.1, 0.15) is 0 Å². The lowest BCUT2D eigenvalue weighted by Gasteiger charge is -2.40. The number of amides is 1. The van der Waals surface area contributed by atoms with E-state index >= 15 is 0 Å². The van der Waals surface area contributed by atoms with Crippen molar-refractivity contribution >= 4 is 17.3 Å². The van der Waals surface area contributed by atoms with E-state index in [1.54, 1.807) is 6.07 Å². The van der Waals surface area contributed by atoms with Crippen LogP contribution in [0.1, 0.15) is 54.6 Å². The second-order valence-electron chi connectivity index (χ2n) is 10.1. The molecule has 1 heterocycles. The minimum Gasteiger partial charge on any atom is -0.339 e. The summed E-state index contributed by atoms with van der Waals surface area (Å²) in [5.41, 5.74) is 3.06. The highest BCUT2D eigenvalue weighted by Gasteiger charge is 2.30. The number of anilines is 2. The van der Waals surface area contributed by atoms with Gasteiger partial charge in [0.15, 0.2) is 0 Å². The molecule has 0 spiro atoms. The van der Waals surface area contributed by atoms with E-state index in [4.69, 9.17) is 0 Å². The fourth-order valence-corrected chi connectivity index (χ4v) is 5.43. The molecule has 3 aromatic carbocycles. The molecule has 0 radical (unpaired) electrons. The fraction of sp³-hybridized carbons (Fsp3) is 0.406. The van der Waals surface area contributed by atoms with Crippen LogP contribution in [0, 0.1) is 0 Å². The number of carbonyl (C=O) groups excluding carboxylic acids is 1. The number of para-hydroxylation sites is 1. The van der Waals surface area contributed by atoms with E-state index in [1.807, 2.05) is 61.2 Å². The van der Waals surface area contributed by atoms with Gasteiger partial charge in [0.25, 0.3) is 5.91 Å². The molecule has 0 saturated carbocycles. The zero-order valence-electron chi connectivity index (χ0n) is 22.8. The average Bonchev–Trinajstić information content (AvgIpc) is 2.95. The summed E-state index contributed by atoms with van der Waals surface area (Å²) in [5.74, 6) is 0.0521. The third-order valence-electron chi connectivity index (χ3n) is 7.59. The van der Waals surface area contributed by atoms with Crippen molar-refractivity contribution in [1.29, 1.82) is 0 Å². The van der Waals surface area contributed by atoms with Crippen LogP contribution in [0.2, 0.25) is 0 Å². The number of likely N-dealkylation sites (tertiary alicyclic amines) is 1. The van der Waals surface area contributed by atoms with Crippen LogP contribution in [0.3, 0.4) is 0 Å². The summed E-state index contributed by atoms with van der Waals surface area (Å²) in [7, 11) is 0. The number of hydrogen-bond acceptors (Lipinski definition) is 3. The molecule has 1 amide bonds. The van der Waals surface area contributed by atoms with Gasteiger partial charge in [-0.1, -0.05) is 36.4 Å². The summed E-state index contributed by atoms with van der Waals surface area (Å²) in [6.45, 7) is 8.10. The average molecular weight is 538 g/mol. The minimum atomic E-state index is -4.30. The monoisotopic (exact) mass is 537 g/mol. The lowest BCUT2D eigenvalue weighted by molar-refractivity contribution is -0.137. The van der Waals surface area contributed by atoms with Crippen LogP contribution in [-0.2, 0) is 12.6 Å². The van der Waals surface area contributed by atoms with Crippen molar-refractivity contribution in [2.45, 2.75) is 51.7 Å². The number of nitrogens with zero attached hydrogens (tertiary/aromatic N) is 3. The first-order valence-corrected chi connectivity index (χ1v) is 13.9. The van der Waals surface area contributed by atoms with Gasteiger partial charge in [0, 0.05) is 49.2 Å². The molecule has 0 atom stereocenters. The van der Waals surface area contributed by atoms with E-state index in [2.05, 4.69) is 21.9 Å². The Balaban J connectivity index is 1.38. The van der Waals surface area contributed by atoms with Gasteiger partial charge < -0.3 is 14.7 Å². The Morgan fingerprint density at radius 1 is 0.872 bits per heavy atom. The second-order valence-corrected chi connectivity index (χ2v) is 10.1. The van der Waals surface area contributed by atoms with E-state index in [0.717, 1.165) is 61.9 Å². The van der Waals surface area contributed by atoms with Crippen LogP contribution in [0.5, 0.6) is 0 Å². The molecule has 1 fully saturated rings. The molecule has 0 aliphatic carbocycles. The molecule has 1 saturated heterocycles. The summed E-state index contributed by atoms with van der Waals surface area (Å²) < 4.78 is 39.0. The van der Waals surface area contributed by atoms with Crippen molar-refractivity contribution in [1.82, 2.24) is 9.80 Å². The number of alkyl halides is 3. The molecule has 208 valence electrons. The highest BCUT2D eigenvalue weighted by atomic mass is 19.4. The Bertz CT molecular complexity index is 1190. The fourth-order valence-electron chi connectivity index (χ4n) is 5.43. The van der Waals surface area contributed by atoms with Gasteiger partial charge in [0.2, 0.25) is 0 Å². The summed E-state index contributed by atoms with van der Waals surface area (Å²) >= 11 is 0. The molecule has 4 nitrogen and oxygen atoms in total. The first-order chi connectivity index (χ1) is 18.8. The molecule has 1 aliphatic rings. The number of piperidine rings is 1. The Morgan fingerprint density at radius 2 is 1.51 bits per heavy atom. The second kappa shape index (κ2) is 13.2.